The summed E-state index contributed by atoms with van der Waals surface area (Å²) in [5, 5.41) is 11.4. The molecule has 0 bridgehead atoms. The molecule has 2 atom stereocenters. The van der Waals surface area contributed by atoms with Crippen molar-refractivity contribution in [1.82, 2.24) is 4.90 Å². The van der Waals surface area contributed by atoms with E-state index >= 15 is 0 Å². The number of amides is 1. The fourth-order valence-electron chi connectivity index (χ4n) is 3.45. The van der Waals surface area contributed by atoms with E-state index in [0.717, 1.165) is 31.2 Å². The zero-order valence-corrected chi connectivity index (χ0v) is 13.1. The van der Waals surface area contributed by atoms with Crippen molar-refractivity contribution in [2.45, 2.75) is 51.5 Å². The summed E-state index contributed by atoms with van der Waals surface area (Å²) in [5.74, 6) is -0.584. The molecule has 1 aromatic heterocycles. The Kier molecular flexibility index (Phi) is 4.02. The number of hydrogen-bond donors (Lipinski definition) is 1. The minimum Gasteiger partial charge on any atom is -0.480 e. The topological polar surface area (TPSA) is 57.6 Å². The number of nitrogens with zero attached hydrogens (tertiary/aromatic N) is 1. The predicted molar refractivity (Wildman–Crippen MR) is 81.8 cm³/mol. The molecule has 1 aliphatic carbocycles. The molecule has 114 valence electrons. The number of fused-ring (bicyclic) bond motifs is 1. The number of rotatable bonds is 2. The van der Waals surface area contributed by atoms with Gasteiger partial charge in [0.2, 0.25) is 0 Å². The maximum absolute atomic E-state index is 12.8. The normalized spacial score (nSPS) is 25.5. The van der Waals surface area contributed by atoms with Gasteiger partial charge < -0.3 is 10.0 Å². The predicted octanol–water partition coefficient (Wildman–Crippen LogP) is 2.95. The average molecular weight is 307 g/mol. The summed E-state index contributed by atoms with van der Waals surface area (Å²) in [6.07, 6.45) is 5.80. The second-order valence-corrected chi connectivity index (χ2v) is 7.20. The Hall–Kier alpha value is -1.36. The Morgan fingerprint density at radius 3 is 2.86 bits per heavy atom. The fourth-order valence-corrected chi connectivity index (χ4v) is 4.57. The molecule has 0 radical (unpaired) electrons. The molecule has 1 fully saturated rings. The van der Waals surface area contributed by atoms with E-state index in [4.69, 9.17) is 0 Å². The molecule has 1 saturated heterocycles. The van der Waals surface area contributed by atoms with Crippen LogP contribution in [0.1, 0.15) is 53.4 Å². The Morgan fingerprint density at radius 2 is 2.10 bits per heavy atom. The van der Waals surface area contributed by atoms with Crippen molar-refractivity contribution in [3.05, 3.63) is 21.4 Å². The molecule has 21 heavy (non-hydrogen) atoms. The lowest BCUT2D eigenvalue weighted by Crippen LogP contribution is -2.49. The van der Waals surface area contributed by atoms with E-state index in [9.17, 15) is 14.7 Å². The van der Waals surface area contributed by atoms with Gasteiger partial charge >= 0.3 is 5.97 Å². The third-order valence-corrected chi connectivity index (χ3v) is 5.79. The van der Waals surface area contributed by atoms with Gasteiger partial charge in [-0.05, 0) is 50.0 Å². The van der Waals surface area contributed by atoms with Crippen molar-refractivity contribution in [2.75, 3.05) is 6.54 Å². The first-order chi connectivity index (χ1) is 10.1. The van der Waals surface area contributed by atoms with Gasteiger partial charge in [-0.15, -0.1) is 11.3 Å². The monoisotopic (exact) mass is 307 g/mol. The molecule has 1 N–H and O–H groups in total. The molecule has 2 aliphatic rings. The summed E-state index contributed by atoms with van der Waals surface area (Å²) < 4.78 is 0. The SMILES string of the molecule is CC1CCN(C(=O)c2csc3c2CCCC3)C(C(=O)O)C1. The number of thiophene rings is 1. The van der Waals surface area contributed by atoms with Crippen molar-refractivity contribution in [2.24, 2.45) is 5.92 Å². The van der Waals surface area contributed by atoms with Crippen LogP contribution in [0.15, 0.2) is 5.38 Å². The zero-order valence-electron chi connectivity index (χ0n) is 12.3. The van der Waals surface area contributed by atoms with Gasteiger partial charge in [-0.2, -0.15) is 0 Å². The number of likely N-dealkylation sites (tertiary alicyclic amines) is 1. The molecule has 0 spiro atoms. The molecular formula is C16H21NO3S. The Morgan fingerprint density at radius 1 is 1.33 bits per heavy atom. The highest BCUT2D eigenvalue weighted by Gasteiger charge is 2.36. The molecular weight excluding hydrogens is 286 g/mol. The highest BCUT2D eigenvalue weighted by Crippen LogP contribution is 2.32. The van der Waals surface area contributed by atoms with Crippen LogP contribution in [0.2, 0.25) is 0 Å². The third kappa shape index (κ3) is 2.71. The van der Waals surface area contributed by atoms with Crippen molar-refractivity contribution < 1.29 is 14.7 Å². The van der Waals surface area contributed by atoms with Crippen LogP contribution in [-0.4, -0.2) is 34.5 Å². The van der Waals surface area contributed by atoms with Crippen LogP contribution in [0, 0.1) is 5.92 Å². The first kappa shape index (κ1) is 14.6. The molecule has 4 nitrogen and oxygen atoms in total. The number of carboxylic acids is 1. The lowest BCUT2D eigenvalue weighted by molar-refractivity contribution is -0.144. The maximum Gasteiger partial charge on any atom is 0.326 e. The summed E-state index contributed by atoms with van der Waals surface area (Å²) in [6.45, 7) is 2.62. The van der Waals surface area contributed by atoms with E-state index in [1.54, 1.807) is 16.2 Å². The van der Waals surface area contributed by atoms with Crippen LogP contribution < -0.4 is 0 Å². The molecule has 1 aromatic rings. The van der Waals surface area contributed by atoms with E-state index in [1.165, 1.54) is 16.9 Å². The van der Waals surface area contributed by atoms with E-state index in [0.29, 0.717) is 18.9 Å². The lowest BCUT2D eigenvalue weighted by Gasteiger charge is -2.36. The second-order valence-electron chi connectivity index (χ2n) is 6.24. The fraction of sp³-hybridized carbons (Fsp3) is 0.625. The van der Waals surface area contributed by atoms with Crippen LogP contribution in [-0.2, 0) is 17.6 Å². The number of carbonyl (C=O) groups excluding carboxylic acids is 1. The summed E-state index contributed by atoms with van der Waals surface area (Å²) in [5.41, 5.74) is 1.94. The quantitative estimate of drug-likeness (QED) is 0.914. The summed E-state index contributed by atoms with van der Waals surface area (Å²) in [7, 11) is 0. The molecule has 0 saturated carbocycles. The smallest absolute Gasteiger partial charge is 0.326 e. The number of carboxylic acid groups (broad SMARTS) is 1. The molecule has 1 aliphatic heterocycles. The van der Waals surface area contributed by atoms with Gasteiger partial charge in [-0.25, -0.2) is 4.79 Å². The summed E-state index contributed by atoms with van der Waals surface area (Å²) in [4.78, 5) is 27.2. The minimum absolute atomic E-state index is 0.0753. The number of piperidine rings is 1. The van der Waals surface area contributed by atoms with Crippen molar-refractivity contribution >= 4 is 23.2 Å². The molecule has 2 heterocycles. The number of hydrogen-bond acceptors (Lipinski definition) is 3. The van der Waals surface area contributed by atoms with E-state index in [-0.39, 0.29) is 5.91 Å². The first-order valence-electron chi connectivity index (χ1n) is 7.71. The molecule has 2 unspecified atom stereocenters. The molecule has 1 amide bonds. The van der Waals surface area contributed by atoms with E-state index in [2.05, 4.69) is 6.92 Å². The lowest BCUT2D eigenvalue weighted by atomic mass is 9.90. The standard InChI is InChI=1S/C16H21NO3S/c1-10-6-7-17(13(8-10)16(19)20)15(18)12-9-21-14-5-3-2-4-11(12)14/h9-10,13H,2-8H2,1H3,(H,19,20). The van der Waals surface area contributed by atoms with Crippen molar-refractivity contribution in [3.63, 3.8) is 0 Å². The van der Waals surface area contributed by atoms with Gasteiger partial charge in [0.05, 0.1) is 5.56 Å². The highest BCUT2D eigenvalue weighted by atomic mass is 32.1. The number of aliphatic carboxylic acids is 1. The van der Waals surface area contributed by atoms with Crippen LogP contribution in [0.4, 0.5) is 0 Å². The van der Waals surface area contributed by atoms with Crippen LogP contribution in [0.25, 0.3) is 0 Å². The van der Waals surface area contributed by atoms with Gasteiger partial charge in [0.1, 0.15) is 6.04 Å². The number of aryl methyl sites for hydroxylation is 1. The maximum atomic E-state index is 12.8. The minimum atomic E-state index is -0.876. The van der Waals surface area contributed by atoms with Gasteiger partial charge in [-0.1, -0.05) is 6.92 Å². The summed E-state index contributed by atoms with van der Waals surface area (Å²) in [6, 6.07) is -0.666. The number of carbonyl (C=O) groups is 2. The molecule has 3 rings (SSSR count). The van der Waals surface area contributed by atoms with Crippen LogP contribution >= 0.6 is 11.3 Å². The molecule has 5 heteroatoms. The second kappa shape index (κ2) is 5.79. The zero-order chi connectivity index (χ0) is 15.0. The van der Waals surface area contributed by atoms with E-state index < -0.39 is 12.0 Å². The third-order valence-electron chi connectivity index (χ3n) is 4.70. The van der Waals surface area contributed by atoms with Crippen LogP contribution in [0.3, 0.4) is 0 Å². The first-order valence-corrected chi connectivity index (χ1v) is 8.59. The Balaban J connectivity index is 1.87. The largest absolute Gasteiger partial charge is 0.480 e. The van der Waals surface area contributed by atoms with Gasteiger partial charge in [-0.3, -0.25) is 4.79 Å². The highest BCUT2D eigenvalue weighted by molar-refractivity contribution is 7.10. The van der Waals surface area contributed by atoms with Gasteiger partial charge in [0.25, 0.3) is 5.91 Å². The summed E-state index contributed by atoms with van der Waals surface area (Å²) >= 11 is 1.66. The van der Waals surface area contributed by atoms with Crippen molar-refractivity contribution in [3.8, 4) is 0 Å². The van der Waals surface area contributed by atoms with Crippen molar-refractivity contribution in [1.29, 1.82) is 0 Å². The van der Waals surface area contributed by atoms with Gasteiger partial charge in [0.15, 0.2) is 0 Å². The Labute approximate surface area is 128 Å². The molecule has 0 aromatic carbocycles. The Bertz CT molecular complexity index is 566. The average Bonchev–Trinajstić information content (AvgIpc) is 2.90. The van der Waals surface area contributed by atoms with Crippen LogP contribution in [0.5, 0.6) is 0 Å². The van der Waals surface area contributed by atoms with E-state index in [1.807, 2.05) is 5.38 Å². The van der Waals surface area contributed by atoms with Gasteiger partial charge in [0, 0.05) is 16.8 Å².